The number of hydrogen-bond donors (Lipinski definition) is 0. The fourth-order valence-electron chi connectivity index (χ4n) is 4.45. The van der Waals surface area contributed by atoms with Crippen molar-refractivity contribution in [3.8, 4) is 23.0 Å². The first-order valence-electron chi connectivity index (χ1n) is 12.2. The molecule has 0 fully saturated rings. The van der Waals surface area contributed by atoms with Gasteiger partial charge in [-0.3, -0.25) is 14.9 Å². The molecule has 1 unspecified atom stereocenters. The topological polar surface area (TPSA) is 106 Å². The summed E-state index contributed by atoms with van der Waals surface area (Å²) >= 11 is 0. The van der Waals surface area contributed by atoms with Crippen LogP contribution in [0.5, 0.6) is 23.0 Å². The molecule has 0 bridgehead atoms. The first-order valence-corrected chi connectivity index (χ1v) is 12.2. The molecule has 3 aromatic rings. The van der Waals surface area contributed by atoms with Gasteiger partial charge in [-0.05, 0) is 54.2 Å². The van der Waals surface area contributed by atoms with Gasteiger partial charge in [-0.1, -0.05) is 24.3 Å². The first-order chi connectivity index (χ1) is 18.3. The Labute approximate surface area is 222 Å². The Hall–Kier alpha value is -4.27. The number of benzene rings is 3. The number of non-ortho nitro benzene ring substituents is 1. The van der Waals surface area contributed by atoms with Crippen LogP contribution in [0.3, 0.4) is 0 Å². The molecule has 0 aliphatic carbocycles. The van der Waals surface area contributed by atoms with Crippen LogP contribution in [0.2, 0.25) is 0 Å². The standard InChI is InChI=1S/C29H33NO8/c1-6-38-27(31)18-21(20-9-13-24(34-2)14-10-20)16-22-17-26(35-3)29(37-5)28(36-4)25(22)15-19-7-11-23(12-8-19)30(32)33/h7-14,17,21H,6,15-16,18H2,1-5H3. The van der Waals surface area contributed by atoms with E-state index in [1.165, 1.54) is 19.2 Å². The highest BCUT2D eigenvalue weighted by Gasteiger charge is 2.25. The van der Waals surface area contributed by atoms with Gasteiger partial charge in [0, 0.05) is 24.1 Å². The molecule has 9 heteroatoms. The molecule has 3 rings (SSSR count). The Morgan fingerprint density at radius 3 is 2.08 bits per heavy atom. The fourth-order valence-corrected chi connectivity index (χ4v) is 4.45. The Morgan fingerprint density at radius 2 is 1.55 bits per heavy atom. The lowest BCUT2D eigenvalue weighted by atomic mass is 9.85. The largest absolute Gasteiger partial charge is 0.497 e. The number of esters is 1. The van der Waals surface area contributed by atoms with Crippen molar-refractivity contribution in [1.82, 2.24) is 0 Å². The number of nitro benzene ring substituents is 1. The van der Waals surface area contributed by atoms with Crippen LogP contribution in [0, 0.1) is 10.1 Å². The molecular formula is C29H33NO8. The van der Waals surface area contributed by atoms with Crippen LogP contribution in [0.4, 0.5) is 5.69 Å². The van der Waals surface area contributed by atoms with Gasteiger partial charge in [0.05, 0.1) is 46.4 Å². The summed E-state index contributed by atoms with van der Waals surface area (Å²) in [5, 5.41) is 11.1. The van der Waals surface area contributed by atoms with E-state index in [9.17, 15) is 14.9 Å². The van der Waals surface area contributed by atoms with Crippen LogP contribution in [0.15, 0.2) is 54.6 Å². The maximum atomic E-state index is 12.6. The zero-order valence-electron chi connectivity index (χ0n) is 22.3. The average Bonchev–Trinajstić information content (AvgIpc) is 2.93. The minimum absolute atomic E-state index is 0.0160. The number of nitrogens with zero attached hydrogens (tertiary/aromatic N) is 1. The summed E-state index contributed by atoms with van der Waals surface area (Å²) in [6, 6.07) is 15.9. The Bertz CT molecular complexity index is 1240. The van der Waals surface area contributed by atoms with Crippen LogP contribution in [-0.4, -0.2) is 45.9 Å². The summed E-state index contributed by atoms with van der Waals surface area (Å²) in [6.45, 7) is 2.07. The molecule has 0 radical (unpaired) electrons. The third kappa shape index (κ3) is 6.73. The lowest BCUT2D eigenvalue weighted by Gasteiger charge is -2.23. The number of methoxy groups -OCH3 is 4. The molecule has 0 amide bonds. The van der Waals surface area contributed by atoms with Crippen LogP contribution < -0.4 is 18.9 Å². The first kappa shape index (κ1) is 28.3. The van der Waals surface area contributed by atoms with Crippen molar-refractivity contribution in [1.29, 1.82) is 0 Å². The van der Waals surface area contributed by atoms with Crippen molar-refractivity contribution in [3.05, 3.63) is 87.0 Å². The number of rotatable bonds is 13. The maximum Gasteiger partial charge on any atom is 0.306 e. The van der Waals surface area contributed by atoms with Gasteiger partial charge in [0.2, 0.25) is 5.75 Å². The molecule has 0 aliphatic heterocycles. The summed E-state index contributed by atoms with van der Waals surface area (Å²) in [4.78, 5) is 23.3. The van der Waals surface area contributed by atoms with Crippen molar-refractivity contribution < 1.29 is 33.4 Å². The van der Waals surface area contributed by atoms with Crippen LogP contribution in [0.25, 0.3) is 0 Å². The molecule has 0 aliphatic rings. The van der Waals surface area contributed by atoms with E-state index >= 15 is 0 Å². The minimum atomic E-state index is -0.430. The van der Waals surface area contributed by atoms with Crippen LogP contribution >= 0.6 is 0 Å². The molecule has 1 atom stereocenters. The summed E-state index contributed by atoms with van der Waals surface area (Å²) in [6.07, 6.45) is 1.07. The number of carbonyl (C=O) groups is 1. The van der Waals surface area contributed by atoms with E-state index in [1.807, 2.05) is 30.3 Å². The molecule has 0 aromatic heterocycles. The minimum Gasteiger partial charge on any atom is -0.497 e. The SMILES string of the molecule is CCOC(=O)CC(Cc1cc(OC)c(OC)c(OC)c1Cc1ccc([N+](=O)[O-])cc1)c1ccc(OC)cc1. The fraction of sp³-hybridized carbons (Fsp3) is 0.345. The van der Waals surface area contributed by atoms with Gasteiger partial charge >= 0.3 is 5.97 Å². The molecule has 0 heterocycles. The van der Waals surface area contributed by atoms with Crippen LogP contribution in [-0.2, 0) is 22.4 Å². The van der Waals surface area contributed by atoms with Crippen LogP contribution in [0.1, 0.15) is 41.5 Å². The molecule has 0 spiro atoms. The predicted molar refractivity (Wildman–Crippen MR) is 143 cm³/mol. The molecule has 9 nitrogen and oxygen atoms in total. The van der Waals surface area contributed by atoms with E-state index in [-0.39, 0.29) is 24.0 Å². The molecule has 0 saturated heterocycles. The van der Waals surface area contributed by atoms with Crippen molar-refractivity contribution in [2.24, 2.45) is 0 Å². The highest BCUT2D eigenvalue weighted by Crippen LogP contribution is 2.44. The van der Waals surface area contributed by atoms with Gasteiger partial charge in [-0.15, -0.1) is 0 Å². The Morgan fingerprint density at radius 1 is 0.895 bits per heavy atom. The number of nitro groups is 1. The van der Waals surface area contributed by atoms with Crippen molar-refractivity contribution in [2.45, 2.75) is 32.1 Å². The van der Waals surface area contributed by atoms with E-state index in [2.05, 4.69) is 0 Å². The monoisotopic (exact) mass is 523 g/mol. The second kappa shape index (κ2) is 13.3. The molecule has 202 valence electrons. The van der Waals surface area contributed by atoms with E-state index in [1.54, 1.807) is 40.4 Å². The number of hydrogen-bond acceptors (Lipinski definition) is 8. The van der Waals surface area contributed by atoms with Gasteiger partial charge in [0.15, 0.2) is 11.5 Å². The molecule has 0 saturated carbocycles. The zero-order chi connectivity index (χ0) is 27.7. The zero-order valence-corrected chi connectivity index (χ0v) is 22.3. The highest BCUT2D eigenvalue weighted by molar-refractivity contribution is 5.71. The van der Waals surface area contributed by atoms with Gasteiger partial charge < -0.3 is 23.7 Å². The summed E-state index contributed by atoms with van der Waals surface area (Å²) in [5.41, 5.74) is 3.55. The van der Waals surface area contributed by atoms with E-state index in [4.69, 9.17) is 23.7 Å². The van der Waals surface area contributed by atoms with E-state index < -0.39 is 4.92 Å². The third-order valence-electron chi connectivity index (χ3n) is 6.33. The molecular weight excluding hydrogens is 490 g/mol. The summed E-state index contributed by atoms with van der Waals surface area (Å²) < 4.78 is 27.6. The second-order valence-electron chi connectivity index (χ2n) is 8.57. The Balaban J connectivity index is 2.11. The quantitative estimate of drug-likeness (QED) is 0.164. The smallest absolute Gasteiger partial charge is 0.306 e. The highest BCUT2D eigenvalue weighted by atomic mass is 16.6. The average molecular weight is 524 g/mol. The van der Waals surface area contributed by atoms with Gasteiger partial charge in [-0.2, -0.15) is 0 Å². The lowest BCUT2D eigenvalue weighted by Crippen LogP contribution is -2.14. The van der Waals surface area contributed by atoms with E-state index in [0.717, 1.165) is 28.0 Å². The van der Waals surface area contributed by atoms with Gasteiger partial charge in [-0.25, -0.2) is 0 Å². The van der Waals surface area contributed by atoms with Gasteiger partial charge in [0.25, 0.3) is 5.69 Å². The Kier molecular flexibility index (Phi) is 9.92. The van der Waals surface area contributed by atoms with Gasteiger partial charge in [0.1, 0.15) is 5.75 Å². The second-order valence-corrected chi connectivity index (χ2v) is 8.57. The predicted octanol–water partition coefficient (Wildman–Crippen LogP) is 5.50. The summed E-state index contributed by atoms with van der Waals surface area (Å²) in [7, 11) is 6.25. The van der Waals surface area contributed by atoms with Crippen molar-refractivity contribution in [3.63, 3.8) is 0 Å². The molecule has 0 N–H and O–H groups in total. The maximum absolute atomic E-state index is 12.6. The normalized spacial score (nSPS) is 11.4. The van der Waals surface area contributed by atoms with Crippen molar-refractivity contribution >= 4 is 11.7 Å². The lowest BCUT2D eigenvalue weighted by molar-refractivity contribution is -0.384. The molecule has 38 heavy (non-hydrogen) atoms. The summed E-state index contributed by atoms with van der Waals surface area (Å²) in [5.74, 6) is 1.66. The van der Waals surface area contributed by atoms with Crippen molar-refractivity contribution in [2.75, 3.05) is 35.0 Å². The molecule has 3 aromatic carbocycles. The number of carbonyl (C=O) groups excluding carboxylic acids is 1. The van der Waals surface area contributed by atoms with E-state index in [0.29, 0.717) is 36.7 Å². The number of ether oxygens (including phenoxy) is 5. The third-order valence-corrected chi connectivity index (χ3v) is 6.33.